The highest BCUT2D eigenvalue weighted by Crippen LogP contribution is 2.21. The van der Waals surface area contributed by atoms with Crippen molar-refractivity contribution < 1.29 is 9.90 Å². The van der Waals surface area contributed by atoms with E-state index in [1.54, 1.807) is 0 Å². The summed E-state index contributed by atoms with van der Waals surface area (Å²) in [6, 6.07) is 18.8. The maximum atomic E-state index is 11.7. The van der Waals surface area contributed by atoms with Crippen molar-refractivity contribution in [2.24, 2.45) is 5.92 Å². The number of benzene rings is 2. The van der Waals surface area contributed by atoms with Crippen LogP contribution in [0.15, 0.2) is 60.7 Å². The highest BCUT2D eigenvalue weighted by atomic mass is 16.3. The molecule has 1 heterocycles. The number of carbonyl (C=O) groups excluding carboxylic acids is 1. The van der Waals surface area contributed by atoms with Gasteiger partial charge in [-0.1, -0.05) is 66.7 Å². The molecular weight excluding hydrogens is 348 g/mol. The van der Waals surface area contributed by atoms with E-state index in [2.05, 4.69) is 58.8 Å². The molecule has 0 saturated carbocycles. The van der Waals surface area contributed by atoms with Gasteiger partial charge in [0.15, 0.2) is 0 Å². The Bertz CT molecular complexity index is 756. The fourth-order valence-corrected chi connectivity index (χ4v) is 3.72. The van der Waals surface area contributed by atoms with Crippen LogP contribution in [0.3, 0.4) is 0 Å². The van der Waals surface area contributed by atoms with Crippen molar-refractivity contribution in [3.8, 4) is 0 Å². The number of likely N-dealkylation sites (tertiary alicyclic amines) is 1. The van der Waals surface area contributed by atoms with Crippen molar-refractivity contribution >= 4 is 12.0 Å². The minimum atomic E-state index is -0.0446. The van der Waals surface area contributed by atoms with Gasteiger partial charge < -0.3 is 10.4 Å². The lowest BCUT2D eigenvalue weighted by molar-refractivity contribution is -0.120. The van der Waals surface area contributed by atoms with Crippen LogP contribution in [0.1, 0.15) is 23.1 Å². The van der Waals surface area contributed by atoms with E-state index >= 15 is 0 Å². The first-order valence-corrected chi connectivity index (χ1v) is 10.1. The van der Waals surface area contributed by atoms with Crippen molar-refractivity contribution in [1.82, 2.24) is 10.2 Å². The van der Waals surface area contributed by atoms with E-state index in [1.165, 1.54) is 17.5 Å². The van der Waals surface area contributed by atoms with Gasteiger partial charge in [0.25, 0.3) is 0 Å². The molecule has 3 rings (SSSR count). The molecule has 2 aromatic rings. The first-order chi connectivity index (χ1) is 13.7. The molecule has 0 spiro atoms. The van der Waals surface area contributed by atoms with Crippen LogP contribution in [0.5, 0.6) is 0 Å². The van der Waals surface area contributed by atoms with Gasteiger partial charge in [0.1, 0.15) is 0 Å². The predicted molar refractivity (Wildman–Crippen MR) is 114 cm³/mol. The number of aliphatic hydroxyl groups excluding tert-OH is 1. The van der Waals surface area contributed by atoms with Gasteiger partial charge >= 0.3 is 0 Å². The maximum absolute atomic E-state index is 11.7. The quantitative estimate of drug-likeness (QED) is 0.705. The number of hydrogen-bond donors (Lipinski definition) is 2. The molecule has 1 saturated heterocycles. The summed E-state index contributed by atoms with van der Waals surface area (Å²) in [5.74, 6) is 0.653. The Labute approximate surface area is 167 Å². The van der Waals surface area contributed by atoms with Crippen LogP contribution in [-0.2, 0) is 17.6 Å². The largest absolute Gasteiger partial charge is 0.395 e. The smallest absolute Gasteiger partial charge is 0.224 e. The summed E-state index contributed by atoms with van der Waals surface area (Å²) in [7, 11) is 0. The number of carbonyl (C=O) groups is 1. The number of nitrogens with zero attached hydrogens (tertiary/aromatic N) is 1. The summed E-state index contributed by atoms with van der Waals surface area (Å²) >= 11 is 0. The molecule has 1 fully saturated rings. The Morgan fingerprint density at radius 1 is 1.11 bits per heavy atom. The summed E-state index contributed by atoms with van der Waals surface area (Å²) in [6.45, 7) is 3.60. The lowest BCUT2D eigenvalue weighted by atomic mass is 9.97. The average molecular weight is 379 g/mol. The normalized spacial score (nSPS) is 17.2. The van der Waals surface area contributed by atoms with Crippen LogP contribution in [-0.4, -0.2) is 48.7 Å². The Hall–Kier alpha value is -2.43. The third-order valence-corrected chi connectivity index (χ3v) is 5.19. The molecule has 1 atom stereocenters. The highest BCUT2D eigenvalue weighted by Gasteiger charge is 2.21. The van der Waals surface area contributed by atoms with Crippen molar-refractivity contribution in [2.75, 3.05) is 32.8 Å². The molecular formula is C24H30N2O2. The molecule has 0 bridgehead atoms. The van der Waals surface area contributed by atoms with Crippen molar-refractivity contribution in [3.05, 3.63) is 77.4 Å². The number of rotatable bonds is 9. The SMILES string of the molecule is O=C(Cc1ccc(CC2CCN(C/C=C/c3ccccc3)C2)cc1)NCCO. The summed E-state index contributed by atoms with van der Waals surface area (Å²) in [6.07, 6.45) is 7.16. The topological polar surface area (TPSA) is 52.6 Å². The van der Waals surface area contributed by atoms with Crippen molar-refractivity contribution in [1.29, 1.82) is 0 Å². The molecule has 1 amide bonds. The van der Waals surface area contributed by atoms with Crippen LogP contribution >= 0.6 is 0 Å². The number of aliphatic hydroxyl groups is 1. The summed E-state index contributed by atoms with van der Waals surface area (Å²) < 4.78 is 0. The summed E-state index contributed by atoms with van der Waals surface area (Å²) in [5, 5.41) is 11.4. The van der Waals surface area contributed by atoms with E-state index in [-0.39, 0.29) is 12.5 Å². The molecule has 148 valence electrons. The van der Waals surface area contributed by atoms with Crippen LogP contribution in [0.25, 0.3) is 6.08 Å². The predicted octanol–water partition coefficient (Wildman–Crippen LogP) is 2.92. The molecule has 2 N–H and O–H groups in total. The van der Waals surface area contributed by atoms with Crippen LogP contribution in [0, 0.1) is 5.92 Å². The molecule has 1 aliphatic rings. The maximum Gasteiger partial charge on any atom is 0.224 e. The number of hydrogen-bond acceptors (Lipinski definition) is 3. The Morgan fingerprint density at radius 2 is 1.86 bits per heavy atom. The minimum absolute atomic E-state index is 0.0227. The van der Waals surface area contributed by atoms with Crippen LogP contribution in [0.2, 0.25) is 0 Å². The molecule has 0 aliphatic carbocycles. The van der Waals surface area contributed by atoms with Gasteiger partial charge in [-0.2, -0.15) is 0 Å². The molecule has 1 aliphatic heterocycles. The zero-order chi connectivity index (χ0) is 19.6. The van der Waals surface area contributed by atoms with E-state index in [4.69, 9.17) is 5.11 Å². The van der Waals surface area contributed by atoms with Crippen molar-refractivity contribution in [3.63, 3.8) is 0 Å². The zero-order valence-electron chi connectivity index (χ0n) is 16.4. The lowest BCUT2D eigenvalue weighted by Crippen LogP contribution is -2.27. The van der Waals surface area contributed by atoms with Gasteiger partial charge in [0, 0.05) is 19.6 Å². The summed E-state index contributed by atoms with van der Waals surface area (Å²) in [5.41, 5.74) is 3.60. The second kappa shape index (κ2) is 10.8. The molecule has 4 heteroatoms. The first kappa shape index (κ1) is 20.3. The molecule has 4 nitrogen and oxygen atoms in total. The van der Waals surface area contributed by atoms with Gasteiger partial charge in [0.05, 0.1) is 13.0 Å². The van der Waals surface area contributed by atoms with E-state index < -0.39 is 0 Å². The molecule has 28 heavy (non-hydrogen) atoms. The Morgan fingerprint density at radius 3 is 2.61 bits per heavy atom. The monoisotopic (exact) mass is 378 g/mol. The first-order valence-electron chi connectivity index (χ1n) is 10.1. The Kier molecular flexibility index (Phi) is 7.82. The van der Waals surface area contributed by atoms with E-state index in [9.17, 15) is 4.79 Å². The van der Waals surface area contributed by atoms with Gasteiger partial charge in [0.2, 0.25) is 5.91 Å². The fourth-order valence-electron chi connectivity index (χ4n) is 3.72. The number of nitrogens with one attached hydrogen (secondary N) is 1. The fraction of sp³-hybridized carbons (Fsp3) is 0.375. The van der Waals surface area contributed by atoms with Gasteiger partial charge in [-0.15, -0.1) is 0 Å². The van der Waals surface area contributed by atoms with E-state index in [1.807, 2.05) is 18.2 Å². The van der Waals surface area contributed by atoms with Gasteiger partial charge in [-0.05, 0) is 42.0 Å². The molecule has 1 unspecified atom stereocenters. The third kappa shape index (κ3) is 6.63. The number of amides is 1. The zero-order valence-corrected chi connectivity index (χ0v) is 16.4. The summed E-state index contributed by atoms with van der Waals surface area (Å²) in [4.78, 5) is 14.2. The molecule has 0 radical (unpaired) electrons. The van der Waals surface area contributed by atoms with Gasteiger partial charge in [-0.25, -0.2) is 0 Å². The lowest BCUT2D eigenvalue weighted by Gasteiger charge is -2.14. The minimum Gasteiger partial charge on any atom is -0.395 e. The van der Waals surface area contributed by atoms with Crippen molar-refractivity contribution in [2.45, 2.75) is 19.3 Å². The second-order valence-corrected chi connectivity index (χ2v) is 7.50. The van der Waals surface area contributed by atoms with Crippen LogP contribution < -0.4 is 5.32 Å². The standard InChI is InChI=1S/C24H30N2O2/c27-16-13-25-24(28)18-22-10-8-21(9-11-22)17-23-12-15-26(19-23)14-4-7-20-5-2-1-3-6-20/h1-11,23,27H,12-19H2,(H,25,28)/b7-4+. The Balaban J connectivity index is 1.41. The highest BCUT2D eigenvalue weighted by molar-refractivity contribution is 5.78. The molecule has 0 aromatic heterocycles. The van der Waals surface area contributed by atoms with E-state index in [0.717, 1.165) is 31.6 Å². The van der Waals surface area contributed by atoms with E-state index in [0.29, 0.717) is 18.9 Å². The molecule has 2 aromatic carbocycles. The second-order valence-electron chi connectivity index (χ2n) is 7.50. The third-order valence-electron chi connectivity index (χ3n) is 5.19. The average Bonchev–Trinajstić information content (AvgIpc) is 3.16. The van der Waals surface area contributed by atoms with Gasteiger partial charge in [-0.3, -0.25) is 9.69 Å². The van der Waals surface area contributed by atoms with Crippen LogP contribution in [0.4, 0.5) is 0 Å².